The molecule has 1 atom stereocenters. The smallest absolute Gasteiger partial charge is 0.257 e. The number of halogens is 2. The molecule has 0 saturated carbocycles. The standard InChI is InChI=1S/C15H12ClFN4O2/c1-7(22)13-20-12-9(4-5-18-14(12)21-13)15(23)19-8-2-3-11(17)10(16)6-8/h2-7,22H,1H3,(H,19,23)(H,18,20,21). The predicted octanol–water partition coefficient (Wildman–Crippen LogP) is 3.06. The van der Waals surface area contributed by atoms with E-state index in [1.54, 1.807) is 6.92 Å². The highest BCUT2D eigenvalue weighted by molar-refractivity contribution is 6.31. The van der Waals surface area contributed by atoms with Gasteiger partial charge in [-0.25, -0.2) is 14.4 Å². The van der Waals surface area contributed by atoms with Gasteiger partial charge in [0.15, 0.2) is 5.65 Å². The van der Waals surface area contributed by atoms with E-state index in [2.05, 4.69) is 20.3 Å². The van der Waals surface area contributed by atoms with Crippen LogP contribution in [0, 0.1) is 5.82 Å². The molecular weight excluding hydrogens is 323 g/mol. The highest BCUT2D eigenvalue weighted by atomic mass is 35.5. The number of anilines is 1. The number of nitrogens with zero attached hydrogens (tertiary/aromatic N) is 2. The molecule has 3 rings (SSSR count). The second-order valence-corrected chi connectivity index (χ2v) is 5.35. The average Bonchev–Trinajstić information content (AvgIpc) is 2.95. The molecule has 0 bridgehead atoms. The van der Waals surface area contributed by atoms with Crippen molar-refractivity contribution in [2.24, 2.45) is 0 Å². The second kappa shape index (κ2) is 5.94. The van der Waals surface area contributed by atoms with E-state index >= 15 is 0 Å². The minimum Gasteiger partial charge on any atom is -0.385 e. The van der Waals surface area contributed by atoms with Crippen LogP contribution in [0.3, 0.4) is 0 Å². The zero-order valence-electron chi connectivity index (χ0n) is 12.0. The SMILES string of the molecule is CC(O)c1nc2nccc(C(=O)Nc3ccc(F)c(Cl)c3)c2[nH]1. The fourth-order valence-electron chi connectivity index (χ4n) is 2.09. The van der Waals surface area contributed by atoms with Gasteiger partial charge in [-0.15, -0.1) is 0 Å². The van der Waals surface area contributed by atoms with Crippen LogP contribution < -0.4 is 5.32 Å². The number of rotatable bonds is 3. The summed E-state index contributed by atoms with van der Waals surface area (Å²) in [5, 5.41) is 12.1. The van der Waals surface area contributed by atoms with Gasteiger partial charge in [-0.1, -0.05) is 11.6 Å². The van der Waals surface area contributed by atoms with Gasteiger partial charge in [0.2, 0.25) is 0 Å². The molecule has 0 fully saturated rings. The lowest BCUT2D eigenvalue weighted by Crippen LogP contribution is -2.12. The van der Waals surface area contributed by atoms with Gasteiger partial charge in [0.1, 0.15) is 17.7 Å². The van der Waals surface area contributed by atoms with Crippen molar-refractivity contribution in [3.8, 4) is 0 Å². The maximum atomic E-state index is 13.2. The van der Waals surface area contributed by atoms with Crippen molar-refractivity contribution in [1.29, 1.82) is 0 Å². The first-order valence-electron chi connectivity index (χ1n) is 6.75. The number of hydrogen-bond acceptors (Lipinski definition) is 4. The molecular formula is C15H12ClFN4O2. The number of aromatic nitrogens is 3. The van der Waals surface area contributed by atoms with Crippen LogP contribution in [0.25, 0.3) is 11.2 Å². The molecule has 1 amide bonds. The Kier molecular flexibility index (Phi) is 3.97. The number of hydrogen-bond donors (Lipinski definition) is 3. The molecule has 1 aromatic carbocycles. The first-order chi connectivity index (χ1) is 11.0. The Bertz CT molecular complexity index is 894. The third-order valence-corrected chi connectivity index (χ3v) is 3.52. The Morgan fingerprint density at radius 2 is 2.22 bits per heavy atom. The summed E-state index contributed by atoms with van der Waals surface area (Å²) in [5.41, 5.74) is 1.40. The van der Waals surface area contributed by atoms with Crippen molar-refractivity contribution in [3.05, 3.63) is 52.7 Å². The lowest BCUT2D eigenvalue weighted by Gasteiger charge is -2.06. The Morgan fingerprint density at radius 1 is 1.43 bits per heavy atom. The molecule has 2 aromatic heterocycles. The number of amides is 1. The fourth-order valence-corrected chi connectivity index (χ4v) is 2.27. The average molecular weight is 335 g/mol. The Morgan fingerprint density at radius 3 is 2.91 bits per heavy atom. The van der Waals surface area contributed by atoms with Gasteiger partial charge in [-0.2, -0.15) is 0 Å². The first-order valence-corrected chi connectivity index (χ1v) is 7.12. The van der Waals surface area contributed by atoms with Crippen LogP contribution in [0.2, 0.25) is 5.02 Å². The summed E-state index contributed by atoms with van der Waals surface area (Å²) in [5.74, 6) is -0.676. The van der Waals surface area contributed by atoms with Crippen LogP contribution in [-0.4, -0.2) is 26.0 Å². The molecule has 1 unspecified atom stereocenters. The van der Waals surface area contributed by atoms with Gasteiger partial charge in [-0.3, -0.25) is 4.79 Å². The predicted molar refractivity (Wildman–Crippen MR) is 83.9 cm³/mol. The lowest BCUT2D eigenvalue weighted by molar-refractivity contribution is 0.102. The number of carbonyl (C=O) groups excluding carboxylic acids is 1. The minimum atomic E-state index is -0.809. The van der Waals surface area contributed by atoms with Gasteiger partial charge in [0, 0.05) is 11.9 Å². The van der Waals surface area contributed by atoms with Crippen molar-refractivity contribution in [3.63, 3.8) is 0 Å². The van der Waals surface area contributed by atoms with Crippen molar-refractivity contribution < 1.29 is 14.3 Å². The van der Waals surface area contributed by atoms with E-state index in [0.29, 0.717) is 28.2 Å². The Labute approximate surface area is 135 Å². The van der Waals surface area contributed by atoms with Crippen molar-refractivity contribution in [2.75, 3.05) is 5.32 Å². The summed E-state index contributed by atoms with van der Waals surface area (Å²) in [6.45, 7) is 1.55. The Balaban J connectivity index is 1.95. The number of fused-ring (bicyclic) bond motifs is 1. The largest absolute Gasteiger partial charge is 0.385 e. The van der Waals surface area contributed by atoms with E-state index in [1.165, 1.54) is 30.5 Å². The molecule has 0 radical (unpaired) electrons. The van der Waals surface area contributed by atoms with Crippen molar-refractivity contribution in [1.82, 2.24) is 15.0 Å². The van der Waals surface area contributed by atoms with Crippen molar-refractivity contribution in [2.45, 2.75) is 13.0 Å². The second-order valence-electron chi connectivity index (χ2n) is 4.94. The van der Waals surface area contributed by atoms with E-state index in [-0.39, 0.29) is 5.02 Å². The number of aliphatic hydroxyl groups is 1. The summed E-state index contributed by atoms with van der Waals surface area (Å²) >= 11 is 5.70. The third kappa shape index (κ3) is 3.01. The lowest BCUT2D eigenvalue weighted by atomic mass is 10.2. The van der Waals surface area contributed by atoms with Gasteiger partial charge in [-0.05, 0) is 31.2 Å². The molecule has 6 nitrogen and oxygen atoms in total. The van der Waals surface area contributed by atoms with Crippen LogP contribution >= 0.6 is 11.6 Å². The minimum absolute atomic E-state index is 0.0828. The number of aromatic amines is 1. The highest BCUT2D eigenvalue weighted by Crippen LogP contribution is 2.22. The zero-order valence-corrected chi connectivity index (χ0v) is 12.7. The summed E-state index contributed by atoms with van der Waals surface area (Å²) < 4.78 is 13.2. The fraction of sp³-hybridized carbons (Fsp3) is 0.133. The number of benzene rings is 1. The number of carbonyl (C=O) groups is 1. The number of aliphatic hydroxyl groups excluding tert-OH is 1. The number of H-pyrrole nitrogens is 1. The summed E-state index contributed by atoms with van der Waals surface area (Å²) in [4.78, 5) is 23.5. The molecule has 23 heavy (non-hydrogen) atoms. The third-order valence-electron chi connectivity index (χ3n) is 3.23. The normalized spacial score (nSPS) is 12.3. The van der Waals surface area contributed by atoms with Crippen LogP contribution in [0.1, 0.15) is 29.2 Å². The molecule has 0 aliphatic heterocycles. The molecule has 8 heteroatoms. The number of pyridine rings is 1. The molecule has 0 aliphatic rings. The van der Waals surface area contributed by atoms with Gasteiger partial charge in [0.05, 0.1) is 16.1 Å². The van der Waals surface area contributed by atoms with Gasteiger partial charge in [0.25, 0.3) is 5.91 Å². The van der Waals surface area contributed by atoms with Crippen molar-refractivity contribution >= 4 is 34.4 Å². The monoisotopic (exact) mass is 334 g/mol. The topological polar surface area (TPSA) is 90.9 Å². The van der Waals surface area contributed by atoms with E-state index < -0.39 is 17.8 Å². The highest BCUT2D eigenvalue weighted by Gasteiger charge is 2.16. The molecule has 3 aromatic rings. The molecule has 2 heterocycles. The van der Waals surface area contributed by atoms with E-state index in [9.17, 15) is 14.3 Å². The van der Waals surface area contributed by atoms with Gasteiger partial charge < -0.3 is 15.4 Å². The van der Waals surface area contributed by atoms with Crippen LogP contribution in [0.4, 0.5) is 10.1 Å². The number of imidazole rings is 1. The number of nitrogens with one attached hydrogen (secondary N) is 2. The maximum Gasteiger partial charge on any atom is 0.257 e. The molecule has 0 aliphatic carbocycles. The molecule has 0 saturated heterocycles. The van der Waals surface area contributed by atoms with E-state index in [1.807, 2.05) is 0 Å². The van der Waals surface area contributed by atoms with Crippen LogP contribution in [-0.2, 0) is 0 Å². The molecule has 0 spiro atoms. The van der Waals surface area contributed by atoms with E-state index in [4.69, 9.17) is 11.6 Å². The van der Waals surface area contributed by atoms with E-state index in [0.717, 1.165) is 0 Å². The summed E-state index contributed by atoms with van der Waals surface area (Å²) in [6, 6.07) is 5.42. The molecule has 118 valence electrons. The zero-order chi connectivity index (χ0) is 16.6. The maximum absolute atomic E-state index is 13.2. The summed E-state index contributed by atoms with van der Waals surface area (Å²) in [6.07, 6.45) is 0.637. The van der Waals surface area contributed by atoms with Crippen LogP contribution in [0.15, 0.2) is 30.5 Å². The molecule has 3 N–H and O–H groups in total. The quantitative estimate of drug-likeness (QED) is 0.686. The van der Waals surface area contributed by atoms with Crippen LogP contribution in [0.5, 0.6) is 0 Å². The summed E-state index contributed by atoms with van der Waals surface area (Å²) in [7, 11) is 0. The van der Waals surface area contributed by atoms with Gasteiger partial charge >= 0.3 is 0 Å². The Hall–Kier alpha value is -2.51. The first kappa shape index (κ1) is 15.4.